The fourth-order valence-electron chi connectivity index (χ4n) is 2.99. The molecule has 1 aliphatic heterocycles. The number of para-hydroxylation sites is 1. The summed E-state index contributed by atoms with van der Waals surface area (Å²) in [7, 11) is 0. The normalized spacial score (nSPS) is 28.1. The average Bonchev–Trinajstić information content (AvgIpc) is 2.27. The van der Waals surface area contributed by atoms with Crippen LogP contribution in [-0.4, -0.2) is 12.6 Å². The molecule has 2 unspecified atom stereocenters. The highest BCUT2D eigenvalue weighted by molar-refractivity contribution is 5.38. The zero-order valence-electron chi connectivity index (χ0n) is 10.5. The summed E-state index contributed by atoms with van der Waals surface area (Å²) in [6.07, 6.45) is 5.66. The summed E-state index contributed by atoms with van der Waals surface area (Å²) in [4.78, 5) is 0. The lowest BCUT2D eigenvalue weighted by atomic mass is 9.77. The molecular formula is C15H21NO. The summed E-state index contributed by atoms with van der Waals surface area (Å²) in [5, 5.41) is 3.59. The van der Waals surface area contributed by atoms with Crippen molar-refractivity contribution >= 4 is 0 Å². The molecule has 1 N–H and O–H groups in total. The van der Waals surface area contributed by atoms with E-state index in [-0.39, 0.29) is 0 Å². The zero-order valence-corrected chi connectivity index (χ0v) is 10.5. The molecule has 0 aromatic heterocycles. The third kappa shape index (κ3) is 2.06. The molecule has 2 heteroatoms. The molecule has 0 bridgehead atoms. The van der Waals surface area contributed by atoms with Crippen LogP contribution in [0.25, 0.3) is 0 Å². The molecule has 0 spiro atoms. The molecule has 2 aliphatic rings. The Morgan fingerprint density at radius 1 is 1.29 bits per heavy atom. The van der Waals surface area contributed by atoms with Crippen LogP contribution in [0.1, 0.15) is 44.2 Å². The Bertz CT molecular complexity index is 386. The highest BCUT2D eigenvalue weighted by atomic mass is 16.5. The second kappa shape index (κ2) is 4.69. The molecule has 2 atom stereocenters. The smallest absolute Gasteiger partial charge is 0.124 e. The van der Waals surface area contributed by atoms with Gasteiger partial charge in [-0.05, 0) is 31.4 Å². The van der Waals surface area contributed by atoms with Crippen molar-refractivity contribution in [1.29, 1.82) is 0 Å². The number of fused-ring (bicyclic) bond motifs is 1. The van der Waals surface area contributed by atoms with Crippen molar-refractivity contribution in [2.24, 2.45) is 5.92 Å². The topological polar surface area (TPSA) is 21.3 Å². The molecular weight excluding hydrogens is 210 g/mol. The van der Waals surface area contributed by atoms with Crippen molar-refractivity contribution < 1.29 is 4.74 Å². The number of hydrogen-bond donors (Lipinski definition) is 1. The lowest BCUT2D eigenvalue weighted by Gasteiger charge is -2.40. The molecule has 17 heavy (non-hydrogen) atoms. The van der Waals surface area contributed by atoms with Crippen LogP contribution < -0.4 is 10.1 Å². The van der Waals surface area contributed by atoms with Crippen molar-refractivity contribution in [2.75, 3.05) is 6.54 Å². The maximum absolute atomic E-state index is 6.17. The predicted octanol–water partition coefficient (Wildman–Crippen LogP) is 3.29. The van der Waals surface area contributed by atoms with Crippen LogP contribution in [-0.2, 0) is 0 Å². The molecule has 0 radical (unpaired) electrons. The fourth-order valence-corrected chi connectivity index (χ4v) is 2.99. The van der Waals surface area contributed by atoms with Crippen LogP contribution in [0.5, 0.6) is 5.75 Å². The van der Waals surface area contributed by atoms with E-state index in [0.717, 1.165) is 24.6 Å². The van der Waals surface area contributed by atoms with Crippen LogP contribution in [0.4, 0.5) is 0 Å². The van der Waals surface area contributed by atoms with Gasteiger partial charge in [-0.25, -0.2) is 0 Å². The predicted molar refractivity (Wildman–Crippen MR) is 69.2 cm³/mol. The van der Waals surface area contributed by atoms with Gasteiger partial charge in [0.25, 0.3) is 0 Å². The van der Waals surface area contributed by atoms with Crippen molar-refractivity contribution in [3.63, 3.8) is 0 Å². The summed E-state index contributed by atoms with van der Waals surface area (Å²) in [5.41, 5.74) is 1.34. The number of hydrogen-bond acceptors (Lipinski definition) is 2. The molecule has 92 valence electrons. The molecule has 1 fully saturated rings. The fraction of sp³-hybridized carbons (Fsp3) is 0.600. The first-order chi connectivity index (χ1) is 8.38. The number of ether oxygens (including phenoxy) is 1. The van der Waals surface area contributed by atoms with Gasteiger partial charge in [-0.15, -0.1) is 0 Å². The first-order valence-corrected chi connectivity index (χ1v) is 6.87. The van der Waals surface area contributed by atoms with Gasteiger partial charge in [0.05, 0.1) is 0 Å². The Balaban J connectivity index is 1.83. The lowest BCUT2D eigenvalue weighted by molar-refractivity contribution is 0.0533. The van der Waals surface area contributed by atoms with E-state index in [1.54, 1.807) is 0 Å². The Kier molecular flexibility index (Phi) is 3.06. The molecule has 1 aromatic carbocycles. The van der Waals surface area contributed by atoms with Crippen LogP contribution in [0.15, 0.2) is 24.3 Å². The van der Waals surface area contributed by atoms with E-state index < -0.39 is 0 Å². The maximum atomic E-state index is 6.17. The van der Waals surface area contributed by atoms with E-state index in [9.17, 15) is 0 Å². The summed E-state index contributed by atoms with van der Waals surface area (Å²) in [6, 6.07) is 8.97. The average molecular weight is 231 g/mol. The van der Waals surface area contributed by atoms with Gasteiger partial charge in [0, 0.05) is 18.0 Å². The van der Waals surface area contributed by atoms with Gasteiger partial charge >= 0.3 is 0 Å². The maximum Gasteiger partial charge on any atom is 0.124 e. The van der Waals surface area contributed by atoms with E-state index >= 15 is 0 Å². The summed E-state index contributed by atoms with van der Waals surface area (Å²) >= 11 is 0. The van der Waals surface area contributed by atoms with E-state index in [1.165, 1.54) is 24.8 Å². The largest absolute Gasteiger partial charge is 0.490 e. The number of rotatable bonds is 3. The first kappa shape index (κ1) is 11.1. The van der Waals surface area contributed by atoms with Crippen LogP contribution in [0, 0.1) is 5.92 Å². The molecule has 1 aliphatic carbocycles. The molecule has 0 saturated heterocycles. The van der Waals surface area contributed by atoms with E-state index in [0.29, 0.717) is 12.1 Å². The van der Waals surface area contributed by atoms with E-state index in [1.807, 2.05) is 0 Å². The molecule has 1 saturated carbocycles. The number of nitrogens with one attached hydrogen (secondary N) is 1. The highest BCUT2D eigenvalue weighted by Gasteiger charge is 2.35. The van der Waals surface area contributed by atoms with Crippen molar-refractivity contribution in [2.45, 2.75) is 44.8 Å². The second-order valence-corrected chi connectivity index (χ2v) is 5.23. The third-order valence-electron chi connectivity index (χ3n) is 4.17. The summed E-state index contributed by atoms with van der Waals surface area (Å²) in [5.74, 6) is 1.89. The van der Waals surface area contributed by atoms with Crippen LogP contribution >= 0.6 is 0 Å². The molecule has 3 rings (SSSR count). The van der Waals surface area contributed by atoms with E-state index in [4.69, 9.17) is 4.74 Å². The van der Waals surface area contributed by atoms with Gasteiger partial charge in [0.2, 0.25) is 0 Å². The third-order valence-corrected chi connectivity index (χ3v) is 4.17. The van der Waals surface area contributed by atoms with Gasteiger partial charge in [-0.3, -0.25) is 0 Å². The first-order valence-electron chi connectivity index (χ1n) is 6.87. The highest BCUT2D eigenvalue weighted by Crippen LogP contribution is 2.41. The Labute approximate surface area is 103 Å². The number of benzene rings is 1. The van der Waals surface area contributed by atoms with Gasteiger partial charge < -0.3 is 10.1 Å². The van der Waals surface area contributed by atoms with E-state index in [2.05, 4.69) is 36.5 Å². The Morgan fingerprint density at radius 2 is 2.12 bits per heavy atom. The second-order valence-electron chi connectivity index (χ2n) is 5.23. The van der Waals surface area contributed by atoms with Crippen molar-refractivity contribution in [3.05, 3.63) is 29.8 Å². The van der Waals surface area contributed by atoms with Gasteiger partial charge in [0.15, 0.2) is 0 Å². The quantitative estimate of drug-likeness (QED) is 0.862. The molecule has 1 aromatic rings. The minimum atomic E-state index is 0.433. The molecule has 2 nitrogen and oxygen atoms in total. The van der Waals surface area contributed by atoms with Gasteiger partial charge in [0.1, 0.15) is 11.9 Å². The van der Waals surface area contributed by atoms with Crippen LogP contribution in [0.3, 0.4) is 0 Å². The zero-order chi connectivity index (χ0) is 11.7. The monoisotopic (exact) mass is 231 g/mol. The molecule has 0 amide bonds. The summed E-state index contributed by atoms with van der Waals surface area (Å²) < 4.78 is 6.17. The standard InChI is InChI=1S/C15H21NO/c1-2-16-13-10-15(11-6-5-7-11)17-14-9-4-3-8-12(13)14/h3-4,8-9,11,13,15-16H,2,5-7,10H2,1H3. The van der Waals surface area contributed by atoms with Gasteiger partial charge in [-0.2, -0.15) is 0 Å². The van der Waals surface area contributed by atoms with Gasteiger partial charge in [-0.1, -0.05) is 31.5 Å². The Morgan fingerprint density at radius 3 is 2.82 bits per heavy atom. The van der Waals surface area contributed by atoms with Crippen molar-refractivity contribution in [3.8, 4) is 5.75 Å². The minimum Gasteiger partial charge on any atom is -0.490 e. The Hall–Kier alpha value is -1.02. The van der Waals surface area contributed by atoms with Crippen molar-refractivity contribution in [1.82, 2.24) is 5.32 Å². The SMILES string of the molecule is CCNC1CC(C2CCC2)Oc2ccccc21. The van der Waals surface area contributed by atoms with Crippen LogP contribution in [0.2, 0.25) is 0 Å². The lowest BCUT2D eigenvalue weighted by Crippen LogP contribution is -2.39. The molecule has 1 heterocycles. The summed E-state index contributed by atoms with van der Waals surface area (Å²) in [6.45, 7) is 3.20. The minimum absolute atomic E-state index is 0.433.